The van der Waals surface area contributed by atoms with Crippen LogP contribution in [0.1, 0.15) is 31.7 Å². The second-order valence-corrected chi connectivity index (χ2v) is 4.98. The fraction of sp³-hybridized carbons (Fsp3) is 0.462. The number of carboxylic acids is 1. The first kappa shape index (κ1) is 15.1. The smallest absolute Gasteiger partial charge is 0.320 e. The largest absolute Gasteiger partial charge is 0.480 e. The summed E-state index contributed by atoms with van der Waals surface area (Å²) in [4.78, 5) is 11.0. The Morgan fingerprint density at radius 3 is 2.89 bits per heavy atom. The van der Waals surface area contributed by atoms with Gasteiger partial charge in [0, 0.05) is 12.1 Å². The zero-order chi connectivity index (χ0) is 13.5. The Morgan fingerprint density at radius 2 is 2.28 bits per heavy atom. The summed E-state index contributed by atoms with van der Waals surface area (Å²) in [6, 6.07) is 4.37. The molecule has 0 heterocycles. The molecular formula is C13H17BrFNO2. The number of hydrogen-bond acceptors (Lipinski definition) is 2. The van der Waals surface area contributed by atoms with E-state index in [0.29, 0.717) is 16.5 Å². The van der Waals surface area contributed by atoms with E-state index in [1.54, 1.807) is 18.2 Å². The number of nitrogens with one attached hydrogen (secondary N) is 1. The third-order valence-corrected chi connectivity index (χ3v) is 3.33. The minimum atomic E-state index is -0.890. The van der Waals surface area contributed by atoms with Crippen LogP contribution in [0.25, 0.3) is 0 Å². The fourth-order valence-electron chi connectivity index (χ4n) is 1.64. The standard InChI is InChI=1S/C13H17BrFNO2/c1-2-3-7-11(13(17)18)16-8-9-5-4-6-10(14)12(9)15/h4-6,11,16H,2-3,7-8H2,1H3,(H,17,18)/t11-/m0/s1. The summed E-state index contributed by atoms with van der Waals surface area (Å²) in [6.45, 7) is 2.22. The zero-order valence-electron chi connectivity index (χ0n) is 10.2. The molecule has 1 aromatic rings. The summed E-state index contributed by atoms with van der Waals surface area (Å²) in [5.41, 5.74) is 0.465. The molecule has 0 amide bonds. The monoisotopic (exact) mass is 317 g/mol. The van der Waals surface area contributed by atoms with Crippen LogP contribution in [0.3, 0.4) is 0 Å². The molecule has 18 heavy (non-hydrogen) atoms. The van der Waals surface area contributed by atoms with Crippen LogP contribution in [0.5, 0.6) is 0 Å². The molecule has 1 aromatic carbocycles. The van der Waals surface area contributed by atoms with Gasteiger partial charge in [-0.1, -0.05) is 31.9 Å². The lowest BCUT2D eigenvalue weighted by molar-refractivity contribution is -0.139. The van der Waals surface area contributed by atoms with Crippen molar-refractivity contribution in [2.75, 3.05) is 0 Å². The SMILES string of the molecule is CCCC[C@H](NCc1cccc(Br)c1F)C(=O)O. The lowest BCUT2D eigenvalue weighted by atomic mass is 10.1. The van der Waals surface area contributed by atoms with E-state index in [9.17, 15) is 9.18 Å². The summed E-state index contributed by atoms with van der Waals surface area (Å²) >= 11 is 3.10. The number of carboxylic acid groups (broad SMARTS) is 1. The minimum absolute atomic E-state index is 0.214. The number of halogens is 2. The second-order valence-electron chi connectivity index (χ2n) is 4.13. The van der Waals surface area contributed by atoms with Crippen molar-refractivity contribution in [1.29, 1.82) is 0 Å². The van der Waals surface area contributed by atoms with Crippen molar-refractivity contribution in [3.8, 4) is 0 Å². The highest BCUT2D eigenvalue weighted by Gasteiger charge is 2.16. The fourth-order valence-corrected chi connectivity index (χ4v) is 2.05. The van der Waals surface area contributed by atoms with E-state index >= 15 is 0 Å². The summed E-state index contributed by atoms with van der Waals surface area (Å²) in [5.74, 6) is -1.23. The van der Waals surface area contributed by atoms with Gasteiger partial charge in [0.2, 0.25) is 0 Å². The van der Waals surface area contributed by atoms with E-state index in [2.05, 4.69) is 21.2 Å². The molecule has 2 N–H and O–H groups in total. The van der Waals surface area contributed by atoms with Crippen molar-refractivity contribution in [3.05, 3.63) is 34.1 Å². The molecule has 5 heteroatoms. The van der Waals surface area contributed by atoms with Gasteiger partial charge in [0.1, 0.15) is 11.9 Å². The molecule has 100 valence electrons. The van der Waals surface area contributed by atoms with Crippen LogP contribution in [0, 0.1) is 5.82 Å². The summed E-state index contributed by atoms with van der Waals surface area (Å²) in [7, 11) is 0. The Morgan fingerprint density at radius 1 is 1.56 bits per heavy atom. The van der Waals surface area contributed by atoms with Gasteiger partial charge >= 0.3 is 5.97 Å². The van der Waals surface area contributed by atoms with Gasteiger partial charge in [-0.3, -0.25) is 4.79 Å². The van der Waals surface area contributed by atoms with Crippen LogP contribution in [0.2, 0.25) is 0 Å². The first-order valence-corrected chi connectivity index (χ1v) is 6.74. The van der Waals surface area contributed by atoms with E-state index < -0.39 is 12.0 Å². The number of benzene rings is 1. The molecule has 0 saturated carbocycles. The predicted molar refractivity (Wildman–Crippen MR) is 71.9 cm³/mol. The normalized spacial score (nSPS) is 12.4. The Bertz CT molecular complexity index is 412. The van der Waals surface area contributed by atoms with Gasteiger partial charge < -0.3 is 10.4 Å². The second kappa shape index (κ2) is 7.48. The molecule has 1 atom stereocenters. The molecule has 0 bridgehead atoms. The Hall–Kier alpha value is -0.940. The molecule has 0 fully saturated rings. The van der Waals surface area contributed by atoms with Gasteiger partial charge in [-0.25, -0.2) is 4.39 Å². The van der Waals surface area contributed by atoms with Crippen LogP contribution in [-0.2, 0) is 11.3 Å². The molecule has 0 aliphatic carbocycles. The number of carbonyl (C=O) groups is 1. The number of rotatable bonds is 7. The molecule has 0 saturated heterocycles. The van der Waals surface area contributed by atoms with Crippen molar-refractivity contribution in [1.82, 2.24) is 5.32 Å². The lowest BCUT2D eigenvalue weighted by Gasteiger charge is -2.14. The average molecular weight is 318 g/mol. The first-order valence-electron chi connectivity index (χ1n) is 5.95. The van der Waals surface area contributed by atoms with Gasteiger partial charge in [-0.05, 0) is 28.4 Å². The van der Waals surface area contributed by atoms with Crippen molar-refractivity contribution in [3.63, 3.8) is 0 Å². The van der Waals surface area contributed by atoms with E-state index in [1.165, 1.54) is 0 Å². The van der Waals surface area contributed by atoms with Gasteiger partial charge in [0.15, 0.2) is 0 Å². The highest BCUT2D eigenvalue weighted by molar-refractivity contribution is 9.10. The molecule has 0 aliphatic rings. The lowest BCUT2D eigenvalue weighted by Crippen LogP contribution is -2.36. The topological polar surface area (TPSA) is 49.3 Å². The van der Waals surface area contributed by atoms with Crippen LogP contribution < -0.4 is 5.32 Å². The van der Waals surface area contributed by atoms with Gasteiger partial charge in [0.05, 0.1) is 4.47 Å². The van der Waals surface area contributed by atoms with Crippen LogP contribution >= 0.6 is 15.9 Å². The Kier molecular flexibility index (Phi) is 6.29. The van der Waals surface area contributed by atoms with Crippen molar-refractivity contribution in [2.24, 2.45) is 0 Å². The number of unbranched alkanes of at least 4 members (excludes halogenated alkanes) is 1. The Balaban J connectivity index is 2.61. The highest BCUT2D eigenvalue weighted by atomic mass is 79.9. The van der Waals surface area contributed by atoms with Crippen LogP contribution in [-0.4, -0.2) is 17.1 Å². The van der Waals surface area contributed by atoms with Crippen LogP contribution in [0.15, 0.2) is 22.7 Å². The molecular weight excluding hydrogens is 301 g/mol. The van der Waals surface area contributed by atoms with Crippen molar-refractivity contribution < 1.29 is 14.3 Å². The maximum absolute atomic E-state index is 13.7. The molecule has 0 aromatic heterocycles. The summed E-state index contributed by atoms with van der Waals surface area (Å²) in [6.07, 6.45) is 2.34. The van der Waals surface area contributed by atoms with Gasteiger partial charge in [0.25, 0.3) is 0 Å². The third kappa shape index (κ3) is 4.38. The summed E-state index contributed by atoms with van der Waals surface area (Å²) in [5, 5.41) is 11.9. The van der Waals surface area contributed by atoms with Crippen molar-refractivity contribution >= 4 is 21.9 Å². The quantitative estimate of drug-likeness (QED) is 0.811. The summed E-state index contributed by atoms with van der Waals surface area (Å²) < 4.78 is 14.1. The highest BCUT2D eigenvalue weighted by Crippen LogP contribution is 2.18. The molecule has 1 rings (SSSR count). The predicted octanol–water partition coefficient (Wildman–Crippen LogP) is 3.32. The van der Waals surface area contributed by atoms with Gasteiger partial charge in [-0.2, -0.15) is 0 Å². The maximum atomic E-state index is 13.7. The third-order valence-electron chi connectivity index (χ3n) is 2.71. The van der Waals surface area contributed by atoms with Crippen LogP contribution in [0.4, 0.5) is 4.39 Å². The molecule has 3 nitrogen and oxygen atoms in total. The Labute approximate surface area is 115 Å². The first-order chi connectivity index (χ1) is 8.56. The number of aliphatic carboxylic acids is 1. The van der Waals surface area contributed by atoms with E-state index in [-0.39, 0.29) is 12.4 Å². The van der Waals surface area contributed by atoms with E-state index in [0.717, 1.165) is 12.8 Å². The van der Waals surface area contributed by atoms with E-state index in [4.69, 9.17) is 5.11 Å². The minimum Gasteiger partial charge on any atom is -0.480 e. The zero-order valence-corrected chi connectivity index (χ0v) is 11.8. The molecule has 0 spiro atoms. The molecule has 0 aliphatic heterocycles. The van der Waals surface area contributed by atoms with Gasteiger partial charge in [-0.15, -0.1) is 0 Å². The average Bonchev–Trinajstić information content (AvgIpc) is 2.33. The van der Waals surface area contributed by atoms with Crippen molar-refractivity contribution in [2.45, 2.75) is 38.8 Å². The maximum Gasteiger partial charge on any atom is 0.320 e. The molecule has 0 unspecified atom stereocenters. The van der Waals surface area contributed by atoms with E-state index in [1.807, 2.05) is 6.92 Å². The number of hydrogen-bond donors (Lipinski definition) is 2. The molecule has 0 radical (unpaired) electrons.